The summed E-state index contributed by atoms with van der Waals surface area (Å²) in [6, 6.07) is 7.98. The summed E-state index contributed by atoms with van der Waals surface area (Å²) in [5.41, 5.74) is 8.09. The number of unbranched alkanes of at least 4 members (excludes halogenated alkanes) is 2. The van der Waals surface area contributed by atoms with Crippen molar-refractivity contribution >= 4 is 5.91 Å². The van der Waals surface area contributed by atoms with E-state index < -0.39 is 0 Å². The van der Waals surface area contributed by atoms with Crippen molar-refractivity contribution in [1.82, 2.24) is 10.2 Å². The molecular weight excluding hydrogens is 262 g/mol. The van der Waals surface area contributed by atoms with Crippen LogP contribution in [0.4, 0.5) is 0 Å². The zero-order valence-corrected chi connectivity index (χ0v) is 13.6. The van der Waals surface area contributed by atoms with Gasteiger partial charge in [-0.1, -0.05) is 44.0 Å². The lowest BCUT2D eigenvalue weighted by molar-refractivity contribution is -0.125. The first-order chi connectivity index (χ1) is 10.1. The number of carbonyl (C=O) groups is 1. The predicted molar refractivity (Wildman–Crippen MR) is 87.8 cm³/mol. The van der Waals surface area contributed by atoms with E-state index in [1.807, 2.05) is 32.2 Å². The van der Waals surface area contributed by atoms with Gasteiger partial charge in [-0.2, -0.15) is 0 Å². The van der Waals surface area contributed by atoms with Gasteiger partial charge in [0.2, 0.25) is 5.91 Å². The third kappa shape index (κ3) is 5.86. The van der Waals surface area contributed by atoms with Crippen LogP contribution < -0.4 is 11.1 Å². The molecule has 4 nitrogen and oxygen atoms in total. The van der Waals surface area contributed by atoms with Crippen LogP contribution in [0, 0.1) is 0 Å². The van der Waals surface area contributed by atoms with Gasteiger partial charge in [-0.05, 0) is 31.5 Å². The molecule has 1 aromatic rings. The van der Waals surface area contributed by atoms with Crippen LogP contribution >= 0.6 is 0 Å². The average Bonchev–Trinajstić information content (AvgIpc) is 2.51. The number of nitrogens with two attached hydrogens (primary N) is 1. The molecule has 0 aliphatic rings. The molecule has 0 saturated carbocycles. The zero-order chi connectivity index (χ0) is 15.7. The number of carbonyl (C=O) groups excluding carboxylic acids is 1. The Hall–Kier alpha value is -1.39. The van der Waals surface area contributed by atoms with Gasteiger partial charge >= 0.3 is 0 Å². The second-order valence-corrected chi connectivity index (χ2v) is 5.56. The van der Waals surface area contributed by atoms with Gasteiger partial charge in [-0.15, -0.1) is 0 Å². The summed E-state index contributed by atoms with van der Waals surface area (Å²) in [5.74, 6) is 0.0961. The van der Waals surface area contributed by atoms with Crippen LogP contribution in [0.2, 0.25) is 0 Å². The quantitative estimate of drug-likeness (QED) is 0.686. The molecule has 0 saturated heterocycles. The van der Waals surface area contributed by atoms with Crippen LogP contribution in [0.15, 0.2) is 24.3 Å². The van der Waals surface area contributed by atoms with Crippen molar-refractivity contribution in [1.29, 1.82) is 0 Å². The molecule has 0 aliphatic carbocycles. The van der Waals surface area contributed by atoms with Gasteiger partial charge in [0, 0.05) is 19.6 Å². The molecule has 0 aromatic heterocycles. The zero-order valence-electron chi connectivity index (χ0n) is 13.6. The van der Waals surface area contributed by atoms with Crippen molar-refractivity contribution in [3.63, 3.8) is 0 Å². The number of nitrogens with zero attached hydrogens (tertiary/aromatic N) is 1. The smallest absolute Gasteiger partial charge is 0.237 e. The molecule has 0 fully saturated rings. The molecule has 0 radical (unpaired) electrons. The number of amides is 1. The molecule has 4 heteroatoms. The van der Waals surface area contributed by atoms with E-state index in [4.69, 9.17) is 5.73 Å². The average molecular weight is 291 g/mol. The lowest BCUT2D eigenvalue weighted by Gasteiger charge is -2.25. The third-order valence-corrected chi connectivity index (χ3v) is 3.88. The third-order valence-electron chi connectivity index (χ3n) is 3.88. The molecule has 1 rings (SSSR count). The maximum Gasteiger partial charge on any atom is 0.237 e. The molecule has 0 heterocycles. The summed E-state index contributed by atoms with van der Waals surface area (Å²) in [6.45, 7) is 6.14. The molecule has 1 atom stereocenters. The number of nitrogens with one attached hydrogen (secondary N) is 1. The summed E-state index contributed by atoms with van der Waals surface area (Å²) in [4.78, 5) is 14.2. The van der Waals surface area contributed by atoms with Gasteiger partial charge in [-0.25, -0.2) is 0 Å². The Bertz CT molecular complexity index is 434. The Kier molecular flexibility index (Phi) is 8.01. The normalized spacial score (nSPS) is 12.4. The summed E-state index contributed by atoms with van der Waals surface area (Å²) >= 11 is 0. The molecule has 1 aromatic carbocycles. The second kappa shape index (κ2) is 9.53. The van der Waals surface area contributed by atoms with E-state index in [9.17, 15) is 4.79 Å². The van der Waals surface area contributed by atoms with Crippen molar-refractivity contribution in [2.24, 2.45) is 5.73 Å². The lowest BCUT2D eigenvalue weighted by Crippen LogP contribution is -2.43. The Labute approximate surface area is 128 Å². The maximum atomic E-state index is 12.1. The van der Waals surface area contributed by atoms with Crippen LogP contribution in [0.1, 0.15) is 44.2 Å². The first kappa shape index (κ1) is 17.7. The Balaban J connectivity index is 2.49. The topological polar surface area (TPSA) is 58.4 Å². The van der Waals surface area contributed by atoms with Gasteiger partial charge in [0.1, 0.15) is 0 Å². The fourth-order valence-electron chi connectivity index (χ4n) is 2.25. The van der Waals surface area contributed by atoms with E-state index in [-0.39, 0.29) is 11.9 Å². The Morgan fingerprint density at radius 2 is 1.95 bits per heavy atom. The first-order valence-corrected chi connectivity index (χ1v) is 7.85. The number of rotatable bonds is 9. The number of benzene rings is 1. The molecule has 1 amide bonds. The van der Waals surface area contributed by atoms with Crippen molar-refractivity contribution in [2.45, 2.75) is 52.2 Å². The predicted octanol–water partition coefficient (Wildman–Crippen LogP) is 2.27. The minimum Gasteiger partial charge on any atom is -0.355 e. The van der Waals surface area contributed by atoms with Crippen LogP contribution in [0.25, 0.3) is 0 Å². The highest BCUT2D eigenvalue weighted by molar-refractivity contribution is 5.81. The first-order valence-electron chi connectivity index (χ1n) is 7.85. The lowest BCUT2D eigenvalue weighted by atomic mass is 10.1. The number of hydrogen-bond donors (Lipinski definition) is 2. The van der Waals surface area contributed by atoms with Crippen LogP contribution in [-0.2, 0) is 17.9 Å². The summed E-state index contributed by atoms with van der Waals surface area (Å²) in [5, 5.41) is 3.01. The van der Waals surface area contributed by atoms with Gasteiger partial charge in [0.25, 0.3) is 0 Å². The molecule has 0 spiro atoms. The van der Waals surface area contributed by atoms with Crippen LogP contribution in [-0.4, -0.2) is 30.4 Å². The van der Waals surface area contributed by atoms with E-state index >= 15 is 0 Å². The highest BCUT2D eigenvalue weighted by Crippen LogP contribution is 2.12. The SMILES string of the molecule is CCCCCNC(=O)C(C)N(C)Cc1ccccc1CN. The largest absolute Gasteiger partial charge is 0.355 e. The number of hydrogen-bond acceptors (Lipinski definition) is 3. The molecular formula is C17H29N3O. The van der Waals surface area contributed by atoms with Gasteiger partial charge in [-0.3, -0.25) is 9.69 Å². The van der Waals surface area contributed by atoms with E-state index in [0.717, 1.165) is 31.5 Å². The summed E-state index contributed by atoms with van der Waals surface area (Å²) in [6.07, 6.45) is 3.38. The molecule has 1 unspecified atom stereocenters. The fraction of sp³-hybridized carbons (Fsp3) is 0.588. The van der Waals surface area contributed by atoms with Crippen molar-refractivity contribution in [2.75, 3.05) is 13.6 Å². The van der Waals surface area contributed by atoms with E-state index in [1.165, 1.54) is 12.0 Å². The Morgan fingerprint density at radius 1 is 1.29 bits per heavy atom. The summed E-state index contributed by atoms with van der Waals surface area (Å²) < 4.78 is 0. The monoisotopic (exact) mass is 291 g/mol. The minimum atomic E-state index is -0.141. The molecule has 21 heavy (non-hydrogen) atoms. The Morgan fingerprint density at radius 3 is 2.57 bits per heavy atom. The van der Waals surface area contributed by atoms with Crippen LogP contribution in [0.5, 0.6) is 0 Å². The van der Waals surface area contributed by atoms with Gasteiger partial charge < -0.3 is 11.1 Å². The van der Waals surface area contributed by atoms with Crippen molar-refractivity contribution < 1.29 is 4.79 Å². The standard InChI is InChI=1S/C17H29N3O/c1-4-5-8-11-19-17(21)14(2)20(3)13-16-10-7-6-9-15(16)12-18/h6-7,9-10,14H,4-5,8,11-13,18H2,1-3H3,(H,19,21). The molecule has 0 aliphatic heterocycles. The van der Waals surface area contributed by atoms with Gasteiger partial charge in [0.05, 0.1) is 6.04 Å². The fourth-order valence-corrected chi connectivity index (χ4v) is 2.25. The minimum absolute atomic E-state index is 0.0961. The van der Waals surface area contributed by atoms with Gasteiger partial charge in [0.15, 0.2) is 0 Å². The molecule has 0 bridgehead atoms. The van der Waals surface area contributed by atoms with Crippen molar-refractivity contribution in [3.8, 4) is 0 Å². The number of likely N-dealkylation sites (N-methyl/N-ethyl adjacent to an activating group) is 1. The second-order valence-electron chi connectivity index (χ2n) is 5.56. The summed E-state index contributed by atoms with van der Waals surface area (Å²) in [7, 11) is 1.98. The highest BCUT2D eigenvalue weighted by atomic mass is 16.2. The molecule has 118 valence electrons. The van der Waals surface area contributed by atoms with E-state index in [0.29, 0.717) is 6.54 Å². The van der Waals surface area contributed by atoms with Crippen molar-refractivity contribution in [3.05, 3.63) is 35.4 Å². The van der Waals surface area contributed by atoms with Crippen LogP contribution in [0.3, 0.4) is 0 Å². The molecule has 3 N–H and O–H groups in total. The highest BCUT2D eigenvalue weighted by Gasteiger charge is 2.18. The maximum absolute atomic E-state index is 12.1. The van der Waals surface area contributed by atoms with E-state index in [1.54, 1.807) is 0 Å². The van der Waals surface area contributed by atoms with E-state index in [2.05, 4.69) is 23.2 Å².